The maximum Gasteiger partial charge on any atom is 0.308 e. The fourth-order valence-electron chi connectivity index (χ4n) is 1.27. The number of alkyl halides is 2. The summed E-state index contributed by atoms with van der Waals surface area (Å²) in [6.07, 6.45) is 1.76. The minimum absolute atomic E-state index is 0.0824. The average Bonchev–Trinajstić information content (AvgIpc) is 1.97. The van der Waals surface area contributed by atoms with Gasteiger partial charge in [0.05, 0.1) is 13.0 Å². The fraction of sp³-hybridized carbons (Fsp3) is 0.857. The second kappa shape index (κ2) is 3.44. The fourth-order valence-corrected chi connectivity index (χ4v) is 2.51. The van der Waals surface area contributed by atoms with Gasteiger partial charge in [0.2, 0.25) is 0 Å². The highest BCUT2D eigenvalue weighted by Crippen LogP contribution is 2.46. The van der Waals surface area contributed by atoms with E-state index in [0.717, 1.165) is 18.2 Å². The molecule has 0 aromatic heterocycles. The summed E-state index contributed by atoms with van der Waals surface area (Å²) in [7, 11) is 1.44. The van der Waals surface area contributed by atoms with Crippen LogP contribution in [0.4, 0.5) is 0 Å². The van der Waals surface area contributed by atoms with Crippen LogP contribution < -0.4 is 0 Å². The molecule has 0 radical (unpaired) electrons. The van der Waals surface area contributed by atoms with E-state index in [2.05, 4.69) is 36.6 Å². The van der Waals surface area contributed by atoms with Gasteiger partial charge in [0, 0.05) is 9.65 Å². The molecule has 0 aromatic carbocycles. The smallest absolute Gasteiger partial charge is 0.308 e. The van der Waals surface area contributed by atoms with Gasteiger partial charge in [-0.05, 0) is 12.8 Å². The van der Waals surface area contributed by atoms with Crippen molar-refractivity contribution in [1.82, 2.24) is 0 Å². The molecule has 0 amide bonds. The highest BCUT2D eigenvalue weighted by Gasteiger charge is 2.45. The van der Waals surface area contributed by atoms with Gasteiger partial charge in [-0.3, -0.25) is 4.79 Å². The van der Waals surface area contributed by atoms with Crippen molar-refractivity contribution in [3.63, 3.8) is 0 Å². The maximum atomic E-state index is 10.9. The zero-order valence-corrected chi connectivity index (χ0v) is 9.44. The number of hydrogen-bond acceptors (Lipinski definition) is 2. The van der Waals surface area contributed by atoms with Crippen molar-refractivity contribution in [2.75, 3.05) is 12.4 Å². The summed E-state index contributed by atoms with van der Waals surface area (Å²) in [6, 6.07) is 0. The lowest BCUT2D eigenvalue weighted by molar-refractivity contribution is -0.148. The lowest BCUT2D eigenvalue weighted by Gasteiger charge is -2.40. The van der Waals surface area contributed by atoms with E-state index < -0.39 is 0 Å². The van der Waals surface area contributed by atoms with Crippen LogP contribution in [0.5, 0.6) is 0 Å². The number of ether oxygens (including phenoxy) is 1. The predicted molar refractivity (Wildman–Crippen MR) is 50.2 cm³/mol. The van der Waals surface area contributed by atoms with Crippen LogP contribution in [0.3, 0.4) is 0 Å². The second-order valence-corrected chi connectivity index (χ2v) is 5.16. The third-order valence-electron chi connectivity index (χ3n) is 2.00. The monoisotopic (exact) mass is 284 g/mol. The minimum Gasteiger partial charge on any atom is -0.469 e. The van der Waals surface area contributed by atoms with Crippen LogP contribution in [0.1, 0.15) is 12.8 Å². The topological polar surface area (TPSA) is 26.3 Å². The Kier molecular flexibility index (Phi) is 2.97. The van der Waals surface area contributed by atoms with E-state index in [1.807, 2.05) is 0 Å². The van der Waals surface area contributed by atoms with Crippen LogP contribution in [0.25, 0.3) is 0 Å². The first-order chi connectivity index (χ1) is 5.11. The lowest BCUT2D eigenvalue weighted by Crippen LogP contribution is -2.43. The van der Waals surface area contributed by atoms with Crippen molar-refractivity contribution in [2.45, 2.75) is 17.2 Å². The highest BCUT2D eigenvalue weighted by molar-refractivity contribution is 9.12. The van der Waals surface area contributed by atoms with Crippen LogP contribution in [0.15, 0.2) is 0 Å². The van der Waals surface area contributed by atoms with Gasteiger partial charge in [-0.25, -0.2) is 0 Å². The van der Waals surface area contributed by atoms with Crippen molar-refractivity contribution in [1.29, 1.82) is 0 Å². The zero-order valence-electron chi connectivity index (χ0n) is 6.27. The van der Waals surface area contributed by atoms with Gasteiger partial charge in [0.1, 0.15) is 0 Å². The van der Waals surface area contributed by atoms with E-state index in [1.54, 1.807) is 0 Å². The minimum atomic E-state index is -0.0824. The summed E-state index contributed by atoms with van der Waals surface area (Å²) in [4.78, 5) is 10.9. The van der Waals surface area contributed by atoms with Crippen molar-refractivity contribution in [2.24, 2.45) is 5.92 Å². The Morgan fingerprint density at radius 2 is 2.27 bits per heavy atom. The highest BCUT2D eigenvalue weighted by atomic mass is 79.9. The molecule has 0 unspecified atom stereocenters. The Hall–Kier alpha value is 0.430. The van der Waals surface area contributed by atoms with Crippen LogP contribution >= 0.6 is 31.9 Å². The largest absolute Gasteiger partial charge is 0.469 e. The molecule has 1 fully saturated rings. The molecule has 11 heavy (non-hydrogen) atoms. The van der Waals surface area contributed by atoms with Gasteiger partial charge in [-0.15, -0.1) is 0 Å². The van der Waals surface area contributed by atoms with Crippen LogP contribution in [0, 0.1) is 5.92 Å². The molecule has 64 valence electrons. The summed E-state index contributed by atoms with van der Waals surface area (Å²) in [5.74, 6) is 0.0259. The van der Waals surface area contributed by atoms with E-state index in [0.29, 0.717) is 0 Å². The molecule has 1 aliphatic carbocycles. The van der Waals surface area contributed by atoms with E-state index >= 15 is 0 Å². The number of hydrogen-bond donors (Lipinski definition) is 0. The number of methoxy groups -OCH3 is 1. The van der Waals surface area contributed by atoms with Crippen molar-refractivity contribution in [3.05, 3.63) is 0 Å². The summed E-state index contributed by atoms with van der Waals surface area (Å²) in [5.41, 5.74) is 0. The normalized spacial score (nSPS) is 36.1. The number of esters is 1. The van der Waals surface area contributed by atoms with Gasteiger partial charge >= 0.3 is 5.97 Å². The molecule has 0 heterocycles. The van der Waals surface area contributed by atoms with Gasteiger partial charge in [0.15, 0.2) is 0 Å². The molecule has 2 nitrogen and oxygen atoms in total. The Morgan fingerprint density at radius 1 is 1.73 bits per heavy atom. The first kappa shape index (κ1) is 9.52. The van der Waals surface area contributed by atoms with Gasteiger partial charge in [-0.1, -0.05) is 31.9 Å². The number of rotatable bonds is 2. The third-order valence-corrected chi connectivity index (χ3v) is 4.75. The van der Waals surface area contributed by atoms with E-state index in [-0.39, 0.29) is 16.2 Å². The average molecular weight is 286 g/mol. The molecule has 1 rings (SSSR count). The molecule has 0 aromatic rings. The number of halogens is 2. The van der Waals surface area contributed by atoms with E-state index in [1.165, 1.54) is 7.11 Å². The van der Waals surface area contributed by atoms with E-state index in [4.69, 9.17) is 0 Å². The Morgan fingerprint density at radius 3 is 2.64 bits per heavy atom. The first-order valence-corrected chi connectivity index (χ1v) is 5.35. The van der Waals surface area contributed by atoms with Crippen molar-refractivity contribution < 1.29 is 9.53 Å². The molecule has 0 bridgehead atoms. The van der Waals surface area contributed by atoms with Gasteiger partial charge in [0.25, 0.3) is 0 Å². The standard InChI is InChI=1S/C7H10Br2O2/c1-11-6(10)5-2-7(9,3-5)4-8/h5H,2-4H2,1H3. The Labute approximate surface area is 82.9 Å². The zero-order chi connectivity index (χ0) is 8.48. The Balaban J connectivity index is 2.34. The lowest BCUT2D eigenvalue weighted by atomic mass is 9.76. The molecule has 0 spiro atoms. The SMILES string of the molecule is COC(=O)C1CC(Br)(CBr)C1. The molecule has 0 atom stereocenters. The maximum absolute atomic E-state index is 10.9. The summed E-state index contributed by atoms with van der Waals surface area (Å²) < 4.78 is 4.76. The molecule has 0 aliphatic heterocycles. The molecule has 4 heteroatoms. The molecular formula is C7H10Br2O2. The van der Waals surface area contributed by atoms with Gasteiger partial charge in [-0.2, -0.15) is 0 Å². The summed E-state index contributed by atoms with van der Waals surface area (Å²) in [5, 5.41) is 0.896. The molecule has 0 saturated heterocycles. The molecule has 0 N–H and O–H groups in total. The van der Waals surface area contributed by atoms with Crippen LogP contribution in [-0.2, 0) is 9.53 Å². The van der Waals surface area contributed by atoms with Crippen LogP contribution in [-0.4, -0.2) is 22.7 Å². The molecule has 1 aliphatic rings. The Bertz CT molecular complexity index is 164. The van der Waals surface area contributed by atoms with Crippen molar-refractivity contribution >= 4 is 37.8 Å². The molecule has 1 saturated carbocycles. The summed E-state index contributed by atoms with van der Waals surface area (Å²) in [6.45, 7) is 0. The first-order valence-electron chi connectivity index (χ1n) is 3.44. The predicted octanol–water partition coefficient (Wildman–Crippen LogP) is 2.10. The van der Waals surface area contributed by atoms with Crippen molar-refractivity contribution in [3.8, 4) is 0 Å². The van der Waals surface area contributed by atoms with Gasteiger partial charge < -0.3 is 4.74 Å². The number of carbonyl (C=O) groups excluding carboxylic acids is 1. The second-order valence-electron chi connectivity index (χ2n) is 2.91. The molecular weight excluding hydrogens is 276 g/mol. The summed E-state index contributed by atoms with van der Waals surface area (Å²) >= 11 is 6.93. The third kappa shape index (κ3) is 1.96. The number of carbonyl (C=O) groups is 1. The quantitative estimate of drug-likeness (QED) is 0.574. The van der Waals surface area contributed by atoms with E-state index in [9.17, 15) is 4.79 Å². The van der Waals surface area contributed by atoms with Crippen LogP contribution in [0.2, 0.25) is 0 Å².